The van der Waals surface area contributed by atoms with Gasteiger partial charge in [-0.3, -0.25) is 23.2 Å². The van der Waals surface area contributed by atoms with Gasteiger partial charge in [-0.15, -0.1) is 0 Å². The van der Waals surface area contributed by atoms with E-state index in [1.807, 2.05) is 18.2 Å². The highest BCUT2D eigenvalue weighted by Crippen LogP contribution is 2.60. The van der Waals surface area contributed by atoms with Crippen molar-refractivity contribution in [1.29, 1.82) is 0 Å². The number of nitrogens with two attached hydrogens (primary N) is 1. The zero-order valence-corrected chi connectivity index (χ0v) is 43.9. The summed E-state index contributed by atoms with van der Waals surface area (Å²) >= 11 is 0. The zero-order valence-electron chi connectivity index (χ0n) is 42.1. The van der Waals surface area contributed by atoms with Crippen molar-refractivity contribution in [2.24, 2.45) is 0 Å². The number of allylic oxidation sites excluding steroid dienone is 7. The molecule has 0 saturated carbocycles. The number of nitrogen functional groups attached to an aromatic ring is 1. The highest BCUT2D eigenvalue weighted by Gasteiger charge is 2.46. The number of hydrogen-bond acceptors (Lipinski definition) is 16. The third-order valence-electron chi connectivity index (χ3n) is 11.5. The molecule has 1 aromatic rings. The fraction of sp³-hybridized carbons (Fsp3) is 0.720. The Hall–Kier alpha value is -3.32. The van der Waals surface area contributed by atoms with Crippen LogP contribution in [-0.4, -0.2) is 96.9 Å². The van der Waals surface area contributed by atoms with Gasteiger partial charge in [0.25, 0.3) is 0 Å². The van der Waals surface area contributed by atoms with E-state index in [0.29, 0.717) is 19.3 Å². The zero-order chi connectivity index (χ0) is 52.2. The van der Waals surface area contributed by atoms with Crippen LogP contribution >= 0.6 is 15.6 Å². The summed E-state index contributed by atoms with van der Waals surface area (Å²) < 4.78 is 56.7. The summed E-state index contributed by atoms with van der Waals surface area (Å²) in [5, 5.41) is 31.1. The lowest BCUT2D eigenvalue weighted by atomic mass is 10.1. The number of ether oxygens (including phenoxy) is 3. The Morgan fingerprint density at radius 2 is 1.35 bits per heavy atom. The lowest BCUT2D eigenvalue weighted by Gasteiger charge is -2.21. The Morgan fingerprint density at radius 3 is 1.99 bits per heavy atom. The van der Waals surface area contributed by atoms with Crippen LogP contribution in [0.15, 0.2) is 65.7 Å². The maximum Gasteiger partial charge on any atom is 0.481 e. The molecule has 2 heterocycles. The maximum atomic E-state index is 12.9. The average Bonchev–Trinajstić information content (AvgIpc) is 3.60. The number of carbonyl (C=O) groups is 2. The van der Waals surface area contributed by atoms with E-state index < -0.39 is 89.8 Å². The number of unbranched alkanes of at least 4 members (excludes halogenated alkanes) is 17. The van der Waals surface area contributed by atoms with E-state index in [9.17, 15) is 48.6 Å². The van der Waals surface area contributed by atoms with Crippen LogP contribution in [0.4, 0.5) is 5.82 Å². The lowest BCUT2D eigenvalue weighted by Crippen LogP contribution is -2.36. The molecule has 406 valence electrons. The van der Waals surface area contributed by atoms with Crippen molar-refractivity contribution in [1.82, 2.24) is 9.55 Å². The van der Waals surface area contributed by atoms with Crippen molar-refractivity contribution in [2.45, 2.75) is 211 Å². The van der Waals surface area contributed by atoms with Gasteiger partial charge in [0.15, 0.2) is 12.3 Å². The van der Waals surface area contributed by atoms with Crippen molar-refractivity contribution in [3.8, 4) is 0 Å². The van der Waals surface area contributed by atoms with Gasteiger partial charge in [0.1, 0.15) is 30.7 Å². The number of esters is 2. The van der Waals surface area contributed by atoms with Crippen LogP contribution in [0.1, 0.15) is 181 Å². The Balaban J connectivity index is 1.82. The molecule has 2 rings (SSSR count). The van der Waals surface area contributed by atoms with Crippen LogP contribution in [0.3, 0.4) is 0 Å². The predicted octanol–water partition coefficient (Wildman–Crippen LogP) is 9.53. The summed E-state index contributed by atoms with van der Waals surface area (Å²) in [5.74, 6) is -1.38. The summed E-state index contributed by atoms with van der Waals surface area (Å²) in [6.07, 6.45) is 32.0. The predicted molar refractivity (Wildman–Crippen MR) is 272 cm³/mol. The largest absolute Gasteiger partial charge is 0.481 e. The second kappa shape index (κ2) is 38.3. The van der Waals surface area contributed by atoms with E-state index in [-0.39, 0.29) is 18.7 Å². The van der Waals surface area contributed by atoms with Gasteiger partial charge in [-0.05, 0) is 63.9 Å². The van der Waals surface area contributed by atoms with E-state index in [4.69, 9.17) is 29.0 Å². The van der Waals surface area contributed by atoms with Crippen molar-refractivity contribution in [2.75, 3.05) is 25.6 Å². The molecule has 1 aromatic heterocycles. The third-order valence-corrected chi connectivity index (χ3v) is 14.1. The fourth-order valence-corrected chi connectivity index (χ4v) is 9.60. The molecule has 1 aliphatic heterocycles. The van der Waals surface area contributed by atoms with Gasteiger partial charge in [-0.25, -0.2) is 13.9 Å². The van der Waals surface area contributed by atoms with Crippen molar-refractivity contribution < 1.29 is 71.4 Å². The summed E-state index contributed by atoms with van der Waals surface area (Å²) in [4.78, 5) is 61.9. The topological polar surface area (TPSA) is 286 Å². The van der Waals surface area contributed by atoms with E-state index in [2.05, 4.69) is 47.4 Å². The van der Waals surface area contributed by atoms with E-state index >= 15 is 0 Å². The highest BCUT2D eigenvalue weighted by atomic mass is 31.3. The molecule has 71 heavy (non-hydrogen) atoms. The minimum Gasteiger partial charge on any atom is -0.462 e. The molecule has 0 aliphatic carbocycles. The third kappa shape index (κ3) is 31.1. The molecule has 1 fully saturated rings. The number of rotatable bonds is 42. The minimum atomic E-state index is -5.44. The molecule has 7 N–H and O–H groups in total. The van der Waals surface area contributed by atoms with Gasteiger partial charge < -0.3 is 45.1 Å². The van der Waals surface area contributed by atoms with Crippen LogP contribution in [0.5, 0.6) is 0 Å². The second-order valence-electron chi connectivity index (χ2n) is 17.8. The first-order chi connectivity index (χ1) is 34.1. The molecule has 0 radical (unpaired) electrons. The lowest BCUT2D eigenvalue weighted by molar-refractivity contribution is -0.161. The first kappa shape index (κ1) is 63.8. The second-order valence-corrected chi connectivity index (χ2v) is 20.9. The summed E-state index contributed by atoms with van der Waals surface area (Å²) in [5.41, 5.74) is 4.58. The molecule has 0 aromatic carbocycles. The van der Waals surface area contributed by atoms with Gasteiger partial charge in [-0.1, -0.05) is 152 Å². The molecule has 0 spiro atoms. The Morgan fingerprint density at radius 1 is 0.761 bits per heavy atom. The molecule has 1 saturated heterocycles. The number of aliphatic hydroxyl groups is 3. The van der Waals surface area contributed by atoms with Crippen molar-refractivity contribution in [3.05, 3.63) is 71.4 Å². The molecule has 21 heteroatoms. The molecule has 0 amide bonds. The van der Waals surface area contributed by atoms with Gasteiger partial charge in [-0.2, -0.15) is 9.29 Å². The molecular formula is C50H85N3O16P2. The van der Waals surface area contributed by atoms with E-state index in [0.717, 1.165) is 101 Å². The van der Waals surface area contributed by atoms with E-state index in [1.165, 1.54) is 44.6 Å². The Kier molecular flexibility index (Phi) is 34.4. The highest BCUT2D eigenvalue weighted by molar-refractivity contribution is 7.61. The number of phosphoric ester groups is 2. The molecule has 19 nitrogen and oxygen atoms in total. The quantitative estimate of drug-likeness (QED) is 0.0117. The number of aromatic nitrogens is 2. The fourth-order valence-electron chi connectivity index (χ4n) is 7.49. The first-order valence-corrected chi connectivity index (χ1v) is 28.7. The molecule has 3 unspecified atom stereocenters. The summed E-state index contributed by atoms with van der Waals surface area (Å²) in [6.45, 7) is 1.93. The summed E-state index contributed by atoms with van der Waals surface area (Å²) in [7, 11) is -10.9. The van der Waals surface area contributed by atoms with Crippen LogP contribution in [-0.2, 0) is 46.3 Å². The van der Waals surface area contributed by atoms with Crippen LogP contribution in [0.25, 0.3) is 0 Å². The number of phosphoric acid groups is 2. The molecular weight excluding hydrogens is 961 g/mol. The van der Waals surface area contributed by atoms with Crippen LogP contribution in [0.2, 0.25) is 0 Å². The molecule has 1 aliphatic rings. The number of carbonyl (C=O) groups excluding carboxylic acids is 2. The van der Waals surface area contributed by atoms with E-state index in [1.54, 1.807) is 6.08 Å². The van der Waals surface area contributed by atoms with Crippen molar-refractivity contribution in [3.63, 3.8) is 0 Å². The maximum absolute atomic E-state index is 12.9. The minimum absolute atomic E-state index is 0.0240. The standard InChI is InChI=1S/C50H85N3O16P2/c1-3-5-7-9-11-12-13-14-15-16-17-18-19-20-22-26-31-35-46(56)67-42(38-64-45(55)34-30-27-23-25-29-33-41(54)32-28-24-21-10-8-6-4-2)39-65-70(60,61)69-71(62,63)66-40-43-47(57)48(58)49(68-43)53-37-36-44(51)52-50(53)59/h6,8,14-15,21,24,28,32,36-37,41-43,47-49,54,57-58H,3-5,7,9-13,16-20,22-23,25-27,29-31,33-35,38-40H2,1-2H3,(H,60,61)(H,62,63)(H2,51,52,59)/b8-6+,15-14-,24-21+,32-28+/t41?,42-,43-,47-,48-,49-/m1/s1. The number of hydrogen-bond donors (Lipinski definition) is 6. The normalized spacial score (nSPS) is 20.0. The SMILES string of the molecule is CC/C=C/C/C=C/C=C/C(O)CCCCCCCC(=O)OC[C@H](COP(=O)(O)OP(=O)(O)OC[C@H]1O[C@@H](n2ccc(N)nc2=O)[C@H](O)[C@@H]1O)OC(=O)CCCCCCCCC/C=C\CCCCCCCC. The number of nitrogens with zero attached hydrogens (tertiary/aromatic N) is 2. The molecule has 0 bridgehead atoms. The van der Waals surface area contributed by atoms with Gasteiger partial charge in [0.05, 0.1) is 19.3 Å². The Labute approximate surface area is 421 Å². The van der Waals surface area contributed by atoms with Gasteiger partial charge in [0.2, 0.25) is 0 Å². The van der Waals surface area contributed by atoms with Crippen LogP contribution in [0, 0.1) is 0 Å². The summed E-state index contributed by atoms with van der Waals surface area (Å²) in [6, 6.07) is 1.24. The monoisotopic (exact) mass is 1050 g/mol. The number of anilines is 1. The van der Waals surface area contributed by atoms with Crippen molar-refractivity contribution >= 4 is 33.4 Å². The molecule has 8 atom stereocenters. The van der Waals surface area contributed by atoms with Gasteiger partial charge >= 0.3 is 33.3 Å². The van der Waals surface area contributed by atoms with Gasteiger partial charge in [0, 0.05) is 19.0 Å². The first-order valence-electron chi connectivity index (χ1n) is 25.8. The smallest absolute Gasteiger partial charge is 0.462 e. The Bertz CT molecular complexity index is 1890. The number of aliphatic hydroxyl groups excluding tert-OH is 3. The average molecular weight is 1050 g/mol. The van der Waals surface area contributed by atoms with Crippen LogP contribution < -0.4 is 11.4 Å².